The highest BCUT2D eigenvalue weighted by atomic mass is 16.5. The molecule has 0 radical (unpaired) electrons. The van der Waals surface area contributed by atoms with Crippen LogP contribution in [0.5, 0.6) is 11.8 Å². The maximum absolute atomic E-state index is 12.2. The highest BCUT2D eigenvalue weighted by molar-refractivity contribution is 5.94. The van der Waals surface area contributed by atoms with E-state index in [1.807, 2.05) is 12.1 Å². The molecule has 3 rings (SSSR count). The van der Waals surface area contributed by atoms with Gasteiger partial charge in [-0.2, -0.15) is 0 Å². The van der Waals surface area contributed by atoms with Gasteiger partial charge in [0.2, 0.25) is 0 Å². The third kappa shape index (κ3) is 4.10. The predicted octanol–water partition coefficient (Wildman–Crippen LogP) is 2.59. The minimum absolute atomic E-state index is 0.187. The summed E-state index contributed by atoms with van der Waals surface area (Å²) in [4.78, 5) is 24.2. The van der Waals surface area contributed by atoms with Gasteiger partial charge in [-0.15, -0.1) is 0 Å². The lowest BCUT2D eigenvalue weighted by molar-refractivity contribution is 0.0950. The number of hydrogen-bond acceptors (Lipinski definition) is 5. The normalized spacial score (nSPS) is 10.1. The highest BCUT2D eigenvalue weighted by Gasteiger charge is 2.07. The number of rotatable bonds is 5. The monoisotopic (exact) mass is 306 g/mol. The van der Waals surface area contributed by atoms with E-state index in [-0.39, 0.29) is 11.9 Å². The van der Waals surface area contributed by atoms with E-state index in [1.165, 1.54) is 0 Å². The number of carbonyl (C=O) groups is 1. The molecule has 0 atom stereocenters. The number of amides is 1. The van der Waals surface area contributed by atoms with Gasteiger partial charge in [-0.25, -0.2) is 9.97 Å². The molecule has 3 aromatic rings. The summed E-state index contributed by atoms with van der Waals surface area (Å²) in [7, 11) is 0. The minimum atomic E-state index is -0.187. The average molecular weight is 306 g/mol. The highest BCUT2D eigenvalue weighted by Crippen LogP contribution is 2.18. The van der Waals surface area contributed by atoms with Crippen molar-refractivity contribution in [3.8, 4) is 11.8 Å². The first-order valence-electron chi connectivity index (χ1n) is 7.03. The summed E-state index contributed by atoms with van der Waals surface area (Å²) in [6.45, 7) is 0.416. The molecule has 2 aromatic heterocycles. The Balaban J connectivity index is 1.65. The van der Waals surface area contributed by atoms with Crippen molar-refractivity contribution in [3.63, 3.8) is 0 Å². The summed E-state index contributed by atoms with van der Waals surface area (Å²) in [5.41, 5.74) is 1.44. The largest absolute Gasteiger partial charge is 0.424 e. The van der Waals surface area contributed by atoms with Gasteiger partial charge in [-0.1, -0.05) is 12.1 Å². The number of ether oxygens (including phenoxy) is 1. The van der Waals surface area contributed by atoms with Gasteiger partial charge < -0.3 is 10.1 Å². The number of benzene rings is 1. The van der Waals surface area contributed by atoms with E-state index in [4.69, 9.17) is 4.74 Å². The third-order valence-electron chi connectivity index (χ3n) is 3.02. The zero-order chi connectivity index (χ0) is 15.9. The molecule has 0 fully saturated rings. The van der Waals surface area contributed by atoms with Crippen LogP contribution in [0.3, 0.4) is 0 Å². The second-order valence-electron chi connectivity index (χ2n) is 4.71. The Morgan fingerprint density at radius 1 is 1.04 bits per heavy atom. The molecule has 1 aromatic carbocycles. The third-order valence-corrected chi connectivity index (χ3v) is 3.02. The molecular formula is C17H14N4O2. The molecule has 0 aliphatic carbocycles. The standard InChI is InChI=1S/C17H14N4O2/c22-16(21-12-13-4-2-7-18-11-13)14-5-1-6-15(10-14)23-17-19-8-3-9-20-17/h1-11H,12H2,(H,21,22). The van der Waals surface area contributed by atoms with Crippen molar-refractivity contribution in [1.82, 2.24) is 20.3 Å². The van der Waals surface area contributed by atoms with Gasteiger partial charge in [0.25, 0.3) is 5.91 Å². The van der Waals surface area contributed by atoms with Crippen molar-refractivity contribution in [2.75, 3.05) is 0 Å². The van der Waals surface area contributed by atoms with Gasteiger partial charge >= 0.3 is 6.01 Å². The maximum Gasteiger partial charge on any atom is 0.321 e. The van der Waals surface area contributed by atoms with Gasteiger partial charge in [0.15, 0.2) is 0 Å². The number of pyridine rings is 1. The van der Waals surface area contributed by atoms with Gasteiger partial charge in [0.05, 0.1) is 0 Å². The molecular weight excluding hydrogens is 292 g/mol. The van der Waals surface area contributed by atoms with Crippen LogP contribution in [0, 0.1) is 0 Å². The van der Waals surface area contributed by atoms with Crippen LogP contribution >= 0.6 is 0 Å². The van der Waals surface area contributed by atoms with Crippen molar-refractivity contribution in [1.29, 1.82) is 0 Å². The summed E-state index contributed by atoms with van der Waals surface area (Å²) in [5, 5.41) is 2.84. The predicted molar refractivity (Wildman–Crippen MR) is 84.0 cm³/mol. The van der Waals surface area contributed by atoms with E-state index in [9.17, 15) is 4.79 Å². The minimum Gasteiger partial charge on any atom is -0.424 e. The van der Waals surface area contributed by atoms with Crippen LogP contribution < -0.4 is 10.1 Å². The first-order chi connectivity index (χ1) is 11.3. The van der Waals surface area contributed by atoms with Gasteiger partial charge in [-0.3, -0.25) is 9.78 Å². The van der Waals surface area contributed by atoms with E-state index in [1.54, 1.807) is 55.1 Å². The fourth-order valence-electron chi connectivity index (χ4n) is 1.93. The molecule has 23 heavy (non-hydrogen) atoms. The molecule has 6 nitrogen and oxygen atoms in total. The van der Waals surface area contributed by atoms with Crippen molar-refractivity contribution >= 4 is 5.91 Å². The summed E-state index contributed by atoms with van der Waals surface area (Å²) in [5.74, 6) is 0.318. The Bertz CT molecular complexity index is 779. The fraction of sp³-hybridized carbons (Fsp3) is 0.0588. The molecule has 0 unspecified atom stereocenters. The van der Waals surface area contributed by atoms with E-state index >= 15 is 0 Å². The van der Waals surface area contributed by atoms with Gasteiger partial charge in [-0.05, 0) is 35.9 Å². The average Bonchev–Trinajstić information content (AvgIpc) is 2.62. The Morgan fingerprint density at radius 2 is 1.91 bits per heavy atom. The first kappa shape index (κ1) is 14.6. The lowest BCUT2D eigenvalue weighted by Crippen LogP contribution is -2.22. The molecule has 0 aliphatic rings. The van der Waals surface area contributed by atoms with Crippen molar-refractivity contribution in [2.24, 2.45) is 0 Å². The number of aromatic nitrogens is 3. The number of carbonyl (C=O) groups excluding carboxylic acids is 1. The molecule has 0 saturated carbocycles. The Kier molecular flexibility index (Phi) is 4.54. The summed E-state index contributed by atoms with van der Waals surface area (Å²) < 4.78 is 5.52. The van der Waals surface area contributed by atoms with Crippen LogP contribution in [0.1, 0.15) is 15.9 Å². The van der Waals surface area contributed by atoms with Crippen molar-refractivity contribution in [2.45, 2.75) is 6.54 Å². The van der Waals surface area contributed by atoms with Crippen LogP contribution in [0.15, 0.2) is 67.3 Å². The Labute approximate surface area is 133 Å². The summed E-state index contributed by atoms with van der Waals surface area (Å²) in [6, 6.07) is 12.5. The van der Waals surface area contributed by atoms with Gasteiger partial charge in [0, 0.05) is 36.9 Å². The van der Waals surface area contributed by atoms with Gasteiger partial charge in [0.1, 0.15) is 5.75 Å². The van der Waals surface area contributed by atoms with Crippen LogP contribution in [-0.2, 0) is 6.54 Å². The molecule has 6 heteroatoms. The SMILES string of the molecule is O=C(NCc1cccnc1)c1cccc(Oc2ncccn2)c1. The fourth-order valence-corrected chi connectivity index (χ4v) is 1.93. The van der Waals surface area contributed by atoms with Crippen LogP contribution in [0.25, 0.3) is 0 Å². The van der Waals surface area contributed by atoms with Crippen molar-refractivity contribution in [3.05, 3.63) is 78.4 Å². The van der Waals surface area contributed by atoms with E-state index in [2.05, 4.69) is 20.3 Å². The topological polar surface area (TPSA) is 77.0 Å². The van der Waals surface area contributed by atoms with Crippen molar-refractivity contribution < 1.29 is 9.53 Å². The zero-order valence-electron chi connectivity index (χ0n) is 12.2. The van der Waals surface area contributed by atoms with E-state index in [0.29, 0.717) is 17.9 Å². The quantitative estimate of drug-likeness (QED) is 0.784. The molecule has 0 bridgehead atoms. The Hall–Kier alpha value is -3.28. The zero-order valence-corrected chi connectivity index (χ0v) is 12.2. The smallest absolute Gasteiger partial charge is 0.321 e. The van der Waals surface area contributed by atoms with Crippen LogP contribution in [0.2, 0.25) is 0 Å². The number of nitrogens with one attached hydrogen (secondary N) is 1. The first-order valence-corrected chi connectivity index (χ1v) is 7.03. The molecule has 0 spiro atoms. The molecule has 0 aliphatic heterocycles. The van der Waals surface area contributed by atoms with E-state index < -0.39 is 0 Å². The Morgan fingerprint density at radius 3 is 2.70 bits per heavy atom. The summed E-state index contributed by atoms with van der Waals surface area (Å²) >= 11 is 0. The second-order valence-corrected chi connectivity index (χ2v) is 4.71. The maximum atomic E-state index is 12.2. The summed E-state index contributed by atoms with van der Waals surface area (Å²) in [6.07, 6.45) is 6.59. The van der Waals surface area contributed by atoms with Crippen LogP contribution in [0.4, 0.5) is 0 Å². The number of nitrogens with zero attached hydrogens (tertiary/aromatic N) is 3. The van der Waals surface area contributed by atoms with E-state index in [0.717, 1.165) is 5.56 Å². The molecule has 1 amide bonds. The molecule has 0 saturated heterocycles. The molecule has 2 heterocycles. The lowest BCUT2D eigenvalue weighted by atomic mass is 10.2. The second kappa shape index (κ2) is 7.13. The molecule has 1 N–H and O–H groups in total. The number of hydrogen-bond donors (Lipinski definition) is 1. The lowest BCUT2D eigenvalue weighted by Gasteiger charge is -2.07. The van der Waals surface area contributed by atoms with Crippen LogP contribution in [-0.4, -0.2) is 20.9 Å². The molecule has 114 valence electrons.